The van der Waals surface area contributed by atoms with E-state index in [0.29, 0.717) is 66.7 Å². The molecular weight excluding hydrogens is 652 g/mol. The van der Waals surface area contributed by atoms with Crippen LogP contribution in [-0.2, 0) is 10.3 Å². The summed E-state index contributed by atoms with van der Waals surface area (Å²) >= 11 is 0. The molecule has 7 aromatic rings. The Labute approximate surface area is 296 Å². The number of hydrogen-bond acceptors (Lipinski definition) is 6. The van der Waals surface area contributed by atoms with Crippen molar-refractivity contribution in [3.05, 3.63) is 190 Å². The maximum absolute atomic E-state index is 13.8. The van der Waals surface area contributed by atoms with E-state index in [-0.39, 0.29) is 0 Å². The van der Waals surface area contributed by atoms with E-state index in [9.17, 15) is 24.0 Å². The first-order chi connectivity index (χ1) is 25.4. The predicted molar refractivity (Wildman–Crippen MR) is 195 cm³/mol. The van der Waals surface area contributed by atoms with Crippen LogP contribution in [0.3, 0.4) is 0 Å². The summed E-state index contributed by atoms with van der Waals surface area (Å²) < 4.78 is 6.28. The van der Waals surface area contributed by atoms with Crippen molar-refractivity contribution in [3.8, 4) is 0 Å². The Morgan fingerprint density at radius 3 is 1.15 bits per heavy atom. The Bertz CT molecular complexity index is 2510. The van der Waals surface area contributed by atoms with E-state index in [1.165, 1.54) is 9.80 Å². The highest BCUT2D eigenvalue weighted by atomic mass is 16.6. The number of carbonyl (C=O) groups excluding carboxylic acids is 5. The molecule has 3 aliphatic rings. The van der Waals surface area contributed by atoms with Crippen LogP contribution in [-0.4, -0.2) is 29.6 Å². The van der Waals surface area contributed by atoms with Crippen LogP contribution in [0.25, 0.3) is 21.5 Å². The highest BCUT2D eigenvalue weighted by molar-refractivity contribution is 6.36. The van der Waals surface area contributed by atoms with E-state index < -0.39 is 35.2 Å². The Kier molecular flexibility index (Phi) is 6.09. The van der Waals surface area contributed by atoms with Crippen molar-refractivity contribution < 1.29 is 28.7 Å². The summed E-state index contributed by atoms with van der Waals surface area (Å²) in [4.78, 5) is 70.8. The van der Waals surface area contributed by atoms with E-state index >= 15 is 0 Å². The van der Waals surface area contributed by atoms with Gasteiger partial charge in [0.15, 0.2) is 5.60 Å². The quantitative estimate of drug-likeness (QED) is 0.138. The van der Waals surface area contributed by atoms with Gasteiger partial charge in [-0.15, -0.1) is 0 Å². The predicted octanol–water partition coefficient (Wildman–Crippen LogP) is 8.06. The molecule has 0 N–H and O–H groups in total. The van der Waals surface area contributed by atoms with Crippen molar-refractivity contribution in [2.45, 2.75) is 5.60 Å². The van der Waals surface area contributed by atoms with Gasteiger partial charge < -0.3 is 4.74 Å². The number of ether oxygens (including phenoxy) is 1. The third-order valence-corrected chi connectivity index (χ3v) is 10.4. The molecule has 3 aliphatic heterocycles. The van der Waals surface area contributed by atoms with Crippen LogP contribution in [0.5, 0.6) is 0 Å². The molecule has 10 rings (SSSR count). The lowest BCUT2D eigenvalue weighted by Gasteiger charge is -2.32. The van der Waals surface area contributed by atoms with E-state index in [1.54, 1.807) is 109 Å². The number of esters is 1. The minimum atomic E-state index is -1.41. The fraction of sp³-hybridized carbons (Fsp3) is 0.0227. The molecular formula is C44H24N2O6. The van der Waals surface area contributed by atoms with Gasteiger partial charge in [0.05, 0.1) is 16.9 Å². The summed E-state index contributed by atoms with van der Waals surface area (Å²) in [5.74, 6) is -2.21. The summed E-state index contributed by atoms with van der Waals surface area (Å²) in [6.45, 7) is 0. The van der Waals surface area contributed by atoms with Crippen molar-refractivity contribution >= 4 is 62.5 Å². The van der Waals surface area contributed by atoms with E-state index in [0.717, 1.165) is 10.8 Å². The first-order valence-electron chi connectivity index (χ1n) is 16.7. The number of benzene rings is 7. The van der Waals surface area contributed by atoms with Gasteiger partial charge in [-0.05, 0) is 65.4 Å². The third-order valence-electron chi connectivity index (χ3n) is 10.4. The number of imide groups is 2. The van der Waals surface area contributed by atoms with E-state index in [2.05, 4.69) is 0 Å². The van der Waals surface area contributed by atoms with E-state index in [4.69, 9.17) is 4.74 Å². The van der Waals surface area contributed by atoms with E-state index in [1.807, 2.05) is 36.4 Å². The molecule has 0 spiro atoms. The summed E-state index contributed by atoms with van der Waals surface area (Å²) in [5, 5.41) is 2.91. The molecule has 0 atom stereocenters. The molecule has 246 valence electrons. The number of rotatable bonds is 4. The Morgan fingerprint density at radius 1 is 0.385 bits per heavy atom. The van der Waals surface area contributed by atoms with Crippen LogP contribution in [0.4, 0.5) is 11.4 Å². The second-order valence-corrected chi connectivity index (χ2v) is 13.0. The average Bonchev–Trinajstić information content (AvgIpc) is 3.49. The molecule has 0 aliphatic carbocycles. The van der Waals surface area contributed by atoms with Gasteiger partial charge in [-0.2, -0.15) is 0 Å². The summed E-state index contributed by atoms with van der Waals surface area (Å²) in [7, 11) is 0. The van der Waals surface area contributed by atoms with Gasteiger partial charge in [0.25, 0.3) is 23.6 Å². The monoisotopic (exact) mass is 676 g/mol. The normalized spacial score (nSPS) is 15.7. The minimum Gasteiger partial charge on any atom is -0.441 e. The van der Waals surface area contributed by atoms with Crippen molar-refractivity contribution in [1.82, 2.24) is 0 Å². The van der Waals surface area contributed by atoms with Crippen molar-refractivity contribution in [3.63, 3.8) is 0 Å². The molecule has 0 bridgehead atoms. The van der Waals surface area contributed by atoms with Gasteiger partial charge >= 0.3 is 5.97 Å². The Balaban J connectivity index is 1.06. The number of nitrogens with zero attached hydrogens (tertiary/aromatic N) is 2. The van der Waals surface area contributed by atoms with Crippen LogP contribution in [0.2, 0.25) is 0 Å². The highest BCUT2D eigenvalue weighted by Gasteiger charge is 2.49. The van der Waals surface area contributed by atoms with Crippen molar-refractivity contribution in [2.24, 2.45) is 0 Å². The first-order valence-corrected chi connectivity index (χ1v) is 16.7. The van der Waals surface area contributed by atoms with Crippen LogP contribution in [0.1, 0.15) is 68.5 Å². The lowest BCUT2D eigenvalue weighted by molar-refractivity contribution is 0.0251. The summed E-state index contributed by atoms with van der Waals surface area (Å²) in [6.07, 6.45) is 0. The lowest BCUT2D eigenvalue weighted by atomic mass is 9.79. The van der Waals surface area contributed by atoms with Gasteiger partial charge in [0, 0.05) is 49.7 Å². The topological polar surface area (TPSA) is 101 Å². The second-order valence-electron chi connectivity index (χ2n) is 13.0. The zero-order valence-electron chi connectivity index (χ0n) is 27.2. The zero-order valence-corrected chi connectivity index (χ0v) is 27.2. The summed E-state index contributed by atoms with van der Waals surface area (Å²) in [5.41, 5.74) is 3.25. The van der Waals surface area contributed by atoms with Gasteiger partial charge in [0.2, 0.25) is 0 Å². The number of cyclic esters (lactones) is 1. The zero-order chi connectivity index (χ0) is 35.3. The maximum atomic E-state index is 13.8. The Hall–Kier alpha value is -7.19. The SMILES string of the molecule is O=C1OC(c2ccc(N3C(=O)c4cccc5cccc(c45)C3=O)cc2)(c2ccc(N3C(=O)c4cccc5cccc(c45)C3=O)cc2)c2ccccc21. The molecule has 0 saturated heterocycles. The molecule has 3 heterocycles. The number of amides is 4. The molecule has 0 saturated carbocycles. The largest absolute Gasteiger partial charge is 0.441 e. The minimum absolute atomic E-state index is 0.366. The molecule has 0 radical (unpaired) electrons. The molecule has 52 heavy (non-hydrogen) atoms. The van der Waals surface area contributed by atoms with Crippen LogP contribution in [0, 0.1) is 0 Å². The van der Waals surface area contributed by atoms with Crippen LogP contribution < -0.4 is 9.80 Å². The molecule has 0 fully saturated rings. The van der Waals surface area contributed by atoms with Crippen molar-refractivity contribution in [1.29, 1.82) is 0 Å². The maximum Gasteiger partial charge on any atom is 0.340 e. The van der Waals surface area contributed by atoms with Gasteiger partial charge in [0.1, 0.15) is 0 Å². The number of carbonyl (C=O) groups is 5. The third kappa shape index (κ3) is 3.88. The smallest absolute Gasteiger partial charge is 0.340 e. The number of fused-ring (bicyclic) bond motifs is 1. The molecule has 0 aromatic heterocycles. The number of anilines is 2. The second kappa shape index (κ2) is 10.7. The highest BCUT2D eigenvalue weighted by Crippen LogP contribution is 2.48. The van der Waals surface area contributed by atoms with Gasteiger partial charge in [-0.1, -0.05) is 91.0 Å². The Morgan fingerprint density at radius 2 is 0.750 bits per heavy atom. The van der Waals surface area contributed by atoms with Gasteiger partial charge in [-0.3, -0.25) is 19.2 Å². The van der Waals surface area contributed by atoms with Gasteiger partial charge in [-0.25, -0.2) is 14.6 Å². The first kappa shape index (κ1) is 29.7. The average molecular weight is 677 g/mol. The standard InChI is InChI=1S/C44H24N2O6/c47-39-32-12-3-7-25-8-4-13-33(37(25)32)40(48)45(39)29-21-17-27(18-22-29)44(36-16-2-1-11-31(36)43(51)52-44)28-19-23-30(24-20-28)46-41(49)34-14-5-9-26-10-6-15-35(38(26)34)42(46)50/h1-24H. The lowest BCUT2D eigenvalue weighted by Crippen LogP contribution is -2.40. The van der Waals surface area contributed by atoms with Crippen molar-refractivity contribution in [2.75, 3.05) is 9.80 Å². The molecule has 8 nitrogen and oxygen atoms in total. The molecule has 0 unspecified atom stereocenters. The van der Waals surface area contributed by atoms with Crippen LogP contribution >= 0.6 is 0 Å². The molecule has 8 heteroatoms. The summed E-state index contributed by atoms with van der Waals surface area (Å²) in [6, 6.07) is 42.4. The number of hydrogen-bond donors (Lipinski definition) is 0. The fourth-order valence-corrected chi connectivity index (χ4v) is 8.03. The van der Waals surface area contributed by atoms with Crippen LogP contribution in [0.15, 0.2) is 146 Å². The molecule has 7 aromatic carbocycles. The fourth-order valence-electron chi connectivity index (χ4n) is 8.03. The molecule has 4 amide bonds.